The van der Waals surface area contributed by atoms with E-state index in [0.717, 1.165) is 0 Å². The molecule has 0 aliphatic heterocycles. The molecule has 15 heavy (non-hydrogen) atoms. The van der Waals surface area contributed by atoms with E-state index in [9.17, 15) is 0 Å². The van der Waals surface area contributed by atoms with E-state index >= 15 is 0 Å². The number of hydrogen-bond acceptors (Lipinski definition) is 5. The van der Waals surface area contributed by atoms with Crippen molar-refractivity contribution in [3.8, 4) is 17.5 Å². The molecular weight excluding hydrogens is 218 g/mol. The summed E-state index contributed by atoms with van der Waals surface area (Å²) in [5.41, 5.74) is 6.83. The zero-order valence-electron chi connectivity index (χ0n) is 7.90. The van der Waals surface area contributed by atoms with Crippen LogP contribution in [0.4, 0.5) is 5.69 Å². The molecule has 0 bridgehead atoms. The van der Waals surface area contributed by atoms with Crippen LogP contribution in [0.3, 0.4) is 0 Å². The number of benzene rings is 1. The summed E-state index contributed by atoms with van der Waals surface area (Å²) in [6.45, 7) is 0. The monoisotopic (exact) mass is 225 g/mol. The lowest BCUT2D eigenvalue weighted by molar-refractivity contribution is 0.293. The number of hydrogen-bond donors (Lipinski definition) is 1. The molecule has 0 aliphatic carbocycles. The second-order valence-corrected chi connectivity index (χ2v) is 3.29. The molecule has 0 fully saturated rings. The SMILES string of the molecule is COc1nnc(-c2cc(N)cc(Cl)c2)o1. The number of anilines is 1. The van der Waals surface area contributed by atoms with Crippen molar-refractivity contribution >= 4 is 17.3 Å². The van der Waals surface area contributed by atoms with Gasteiger partial charge in [-0.3, -0.25) is 0 Å². The maximum Gasteiger partial charge on any atom is 0.414 e. The zero-order valence-corrected chi connectivity index (χ0v) is 8.65. The van der Waals surface area contributed by atoms with Gasteiger partial charge in [0, 0.05) is 16.3 Å². The summed E-state index contributed by atoms with van der Waals surface area (Å²) < 4.78 is 9.94. The van der Waals surface area contributed by atoms with Crippen LogP contribution in [0.15, 0.2) is 22.6 Å². The molecule has 0 atom stereocenters. The van der Waals surface area contributed by atoms with Crippen LogP contribution in [0.1, 0.15) is 0 Å². The predicted molar refractivity (Wildman–Crippen MR) is 55.7 cm³/mol. The minimum Gasteiger partial charge on any atom is -0.452 e. The highest BCUT2D eigenvalue weighted by Gasteiger charge is 2.09. The van der Waals surface area contributed by atoms with Gasteiger partial charge < -0.3 is 14.9 Å². The van der Waals surface area contributed by atoms with E-state index in [4.69, 9.17) is 26.5 Å². The Hall–Kier alpha value is -1.75. The molecule has 0 saturated heterocycles. The minimum absolute atomic E-state index is 0.101. The molecule has 0 saturated carbocycles. The Bertz CT molecular complexity index is 464. The second kappa shape index (κ2) is 3.78. The highest BCUT2D eigenvalue weighted by Crippen LogP contribution is 2.26. The number of ether oxygens (including phenoxy) is 1. The maximum atomic E-state index is 5.84. The maximum absolute atomic E-state index is 5.84. The molecule has 1 aromatic heterocycles. The van der Waals surface area contributed by atoms with Gasteiger partial charge >= 0.3 is 6.08 Å². The van der Waals surface area contributed by atoms with Gasteiger partial charge in [-0.15, -0.1) is 5.10 Å². The van der Waals surface area contributed by atoms with E-state index in [1.54, 1.807) is 18.2 Å². The molecule has 0 radical (unpaired) electrons. The molecule has 5 nitrogen and oxygen atoms in total. The van der Waals surface area contributed by atoms with Crippen LogP contribution in [-0.2, 0) is 0 Å². The van der Waals surface area contributed by atoms with Crippen molar-refractivity contribution < 1.29 is 9.15 Å². The highest BCUT2D eigenvalue weighted by molar-refractivity contribution is 6.31. The van der Waals surface area contributed by atoms with Gasteiger partial charge in [-0.2, -0.15) is 0 Å². The summed E-state index contributed by atoms with van der Waals surface area (Å²) in [5.74, 6) is 0.320. The van der Waals surface area contributed by atoms with Crippen LogP contribution in [-0.4, -0.2) is 17.3 Å². The highest BCUT2D eigenvalue weighted by atomic mass is 35.5. The van der Waals surface area contributed by atoms with Crippen molar-refractivity contribution in [2.24, 2.45) is 0 Å². The zero-order chi connectivity index (χ0) is 10.8. The van der Waals surface area contributed by atoms with Crippen molar-refractivity contribution in [3.05, 3.63) is 23.2 Å². The fourth-order valence-electron chi connectivity index (χ4n) is 1.14. The van der Waals surface area contributed by atoms with Crippen molar-refractivity contribution in [2.75, 3.05) is 12.8 Å². The molecule has 1 aromatic carbocycles. The van der Waals surface area contributed by atoms with Gasteiger partial charge in [-0.25, -0.2) is 0 Å². The minimum atomic E-state index is 0.101. The Balaban J connectivity index is 2.44. The first-order valence-corrected chi connectivity index (χ1v) is 4.51. The third-order valence-corrected chi connectivity index (χ3v) is 1.97. The summed E-state index contributed by atoms with van der Waals surface area (Å²) in [6, 6.07) is 5.02. The second-order valence-electron chi connectivity index (χ2n) is 2.85. The van der Waals surface area contributed by atoms with Gasteiger partial charge in [0.25, 0.3) is 5.89 Å². The molecule has 0 amide bonds. The molecule has 0 spiro atoms. The van der Waals surface area contributed by atoms with Crippen molar-refractivity contribution in [3.63, 3.8) is 0 Å². The molecule has 2 rings (SSSR count). The summed E-state index contributed by atoms with van der Waals surface area (Å²) >= 11 is 5.84. The Morgan fingerprint density at radius 1 is 1.33 bits per heavy atom. The quantitative estimate of drug-likeness (QED) is 0.791. The topological polar surface area (TPSA) is 74.2 Å². The lowest BCUT2D eigenvalue weighted by Gasteiger charge is -1.98. The number of nitrogens with zero attached hydrogens (tertiary/aromatic N) is 2. The lowest BCUT2D eigenvalue weighted by Crippen LogP contribution is -1.86. The van der Waals surface area contributed by atoms with E-state index < -0.39 is 0 Å². The number of nitrogens with two attached hydrogens (primary N) is 1. The first-order chi connectivity index (χ1) is 7.19. The van der Waals surface area contributed by atoms with Gasteiger partial charge in [0.2, 0.25) is 0 Å². The van der Waals surface area contributed by atoms with Crippen molar-refractivity contribution in [1.29, 1.82) is 0 Å². The fraction of sp³-hybridized carbons (Fsp3) is 0.111. The third kappa shape index (κ3) is 2.02. The number of methoxy groups -OCH3 is 1. The van der Waals surface area contributed by atoms with Crippen LogP contribution < -0.4 is 10.5 Å². The molecule has 0 aliphatic rings. The first kappa shape index (κ1) is 9.79. The average Bonchev–Trinajstić information content (AvgIpc) is 2.64. The smallest absolute Gasteiger partial charge is 0.414 e. The predicted octanol–water partition coefficient (Wildman–Crippen LogP) is 1.98. The lowest BCUT2D eigenvalue weighted by atomic mass is 10.2. The van der Waals surface area contributed by atoms with E-state index in [1.807, 2.05) is 0 Å². The van der Waals surface area contributed by atoms with Gasteiger partial charge in [0.05, 0.1) is 7.11 Å². The van der Waals surface area contributed by atoms with Gasteiger partial charge in [-0.05, 0) is 18.2 Å². The average molecular weight is 226 g/mol. The normalized spacial score (nSPS) is 10.3. The molecule has 0 unspecified atom stereocenters. The number of rotatable bonds is 2. The standard InChI is InChI=1S/C9H8ClN3O2/c1-14-9-13-12-8(15-9)5-2-6(10)4-7(11)3-5/h2-4H,11H2,1H3. The van der Waals surface area contributed by atoms with Gasteiger partial charge in [0.15, 0.2) is 0 Å². The molecular formula is C9H8ClN3O2. The third-order valence-electron chi connectivity index (χ3n) is 1.75. The molecule has 6 heteroatoms. The Labute approximate surface area is 90.8 Å². The summed E-state index contributed by atoms with van der Waals surface area (Å²) in [6.07, 6.45) is 0.101. The van der Waals surface area contributed by atoms with Gasteiger partial charge in [0.1, 0.15) is 0 Å². The van der Waals surface area contributed by atoms with Crippen LogP contribution in [0.25, 0.3) is 11.5 Å². The van der Waals surface area contributed by atoms with Crippen LogP contribution >= 0.6 is 11.6 Å². The summed E-state index contributed by atoms with van der Waals surface area (Å²) in [7, 11) is 1.45. The van der Waals surface area contributed by atoms with E-state index in [0.29, 0.717) is 22.2 Å². The molecule has 2 aromatic rings. The van der Waals surface area contributed by atoms with E-state index in [1.165, 1.54) is 7.11 Å². The Morgan fingerprint density at radius 2 is 2.13 bits per heavy atom. The Kier molecular flexibility index (Phi) is 2.47. The first-order valence-electron chi connectivity index (χ1n) is 4.13. The number of nitrogen functional groups attached to an aromatic ring is 1. The molecule has 1 heterocycles. The van der Waals surface area contributed by atoms with Crippen molar-refractivity contribution in [1.82, 2.24) is 10.2 Å². The van der Waals surface area contributed by atoms with Gasteiger partial charge in [-0.1, -0.05) is 16.7 Å². The van der Waals surface area contributed by atoms with Crippen molar-refractivity contribution in [2.45, 2.75) is 0 Å². The molecule has 78 valence electrons. The Morgan fingerprint density at radius 3 is 2.73 bits per heavy atom. The van der Waals surface area contributed by atoms with Crippen LogP contribution in [0, 0.1) is 0 Å². The van der Waals surface area contributed by atoms with Crippen LogP contribution in [0.5, 0.6) is 6.08 Å². The summed E-state index contributed by atoms with van der Waals surface area (Å²) in [4.78, 5) is 0. The number of halogens is 1. The molecule has 2 N–H and O–H groups in total. The largest absolute Gasteiger partial charge is 0.452 e. The summed E-state index contributed by atoms with van der Waals surface area (Å²) in [5, 5.41) is 7.95. The fourth-order valence-corrected chi connectivity index (χ4v) is 1.39. The van der Waals surface area contributed by atoms with Crippen LogP contribution in [0.2, 0.25) is 5.02 Å². The number of aromatic nitrogens is 2. The van der Waals surface area contributed by atoms with E-state index in [2.05, 4.69) is 10.2 Å². The van der Waals surface area contributed by atoms with E-state index in [-0.39, 0.29) is 6.08 Å².